The maximum atomic E-state index is 8.92. The molecule has 0 aromatic carbocycles. The molecule has 1 fully saturated rings. The highest BCUT2D eigenvalue weighted by Gasteiger charge is 2.48. The Morgan fingerprint density at radius 1 is 1.67 bits per heavy atom. The Bertz CT molecular complexity index is 357. The zero-order chi connectivity index (χ0) is 8.77. The Balaban J connectivity index is 2.48. The molecule has 0 saturated heterocycles. The van der Waals surface area contributed by atoms with Crippen molar-refractivity contribution in [3.8, 4) is 6.07 Å². The van der Waals surface area contributed by atoms with Gasteiger partial charge >= 0.3 is 0 Å². The molecule has 1 aliphatic carbocycles. The van der Waals surface area contributed by atoms with Crippen LogP contribution in [0.1, 0.15) is 24.2 Å². The molecule has 1 aliphatic rings. The van der Waals surface area contributed by atoms with E-state index in [1.54, 1.807) is 0 Å². The number of nitrogens with zero attached hydrogens (tertiary/aromatic N) is 1. The van der Waals surface area contributed by atoms with Gasteiger partial charge in [-0.15, -0.1) is 0 Å². The van der Waals surface area contributed by atoms with Crippen molar-refractivity contribution in [2.24, 2.45) is 0 Å². The first kappa shape index (κ1) is 7.88. The van der Waals surface area contributed by atoms with Crippen LogP contribution >= 0.6 is 15.9 Å². The van der Waals surface area contributed by atoms with Gasteiger partial charge in [0.2, 0.25) is 0 Å². The Morgan fingerprint density at radius 3 is 2.67 bits per heavy atom. The van der Waals surface area contributed by atoms with Gasteiger partial charge in [-0.05, 0) is 47.3 Å². The highest BCUT2D eigenvalue weighted by Crippen LogP contribution is 2.49. The van der Waals surface area contributed by atoms with Crippen LogP contribution in [0, 0.1) is 18.3 Å². The molecule has 0 unspecified atom stereocenters. The van der Waals surface area contributed by atoms with E-state index in [0.717, 1.165) is 28.8 Å². The summed E-state index contributed by atoms with van der Waals surface area (Å²) in [5.41, 5.74) is 0.775. The second-order valence-electron chi connectivity index (χ2n) is 3.26. The molecule has 1 aromatic rings. The lowest BCUT2D eigenvalue weighted by Crippen LogP contribution is -2.01. The fraction of sp³-hybridized carbons (Fsp3) is 0.444. The summed E-state index contributed by atoms with van der Waals surface area (Å²) in [5.74, 6) is 0.844. The van der Waals surface area contributed by atoms with Crippen molar-refractivity contribution in [2.45, 2.75) is 25.2 Å². The second-order valence-corrected chi connectivity index (χ2v) is 4.04. The van der Waals surface area contributed by atoms with Crippen LogP contribution in [0.5, 0.6) is 0 Å². The molecule has 2 rings (SSSR count). The second kappa shape index (κ2) is 2.37. The van der Waals surface area contributed by atoms with Crippen LogP contribution in [0.25, 0.3) is 0 Å². The Kier molecular flexibility index (Phi) is 1.55. The van der Waals surface area contributed by atoms with Gasteiger partial charge in [-0.3, -0.25) is 0 Å². The number of halogens is 1. The summed E-state index contributed by atoms with van der Waals surface area (Å²) in [6.07, 6.45) is 1.87. The van der Waals surface area contributed by atoms with Crippen molar-refractivity contribution in [1.82, 2.24) is 0 Å². The minimum atomic E-state index is -0.296. The molecule has 0 radical (unpaired) electrons. The van der Waals surface area contributed by atoms with E-state index in [9.17, 15) is 0 Å². The van der Waals surface area contributed by atoms with Crippen LogP contribution in [0.2, 0.25) is 0 Å². The summed E-state index contributed by atoms with van der Waals surface area (Å²) in [7, 11) is 0. The quantitative estimate of drug-likeness (QED) is 0.738. The third kappa shape index (κ3) is 0.987. The molecule has 0 N–H and O–H groups in total. The van der Waals surface area contributed by atoms with E-state index < -0.39 is 0 Å². The van der Waals surface area contributed by atoms with E-state index in [1.165, 1.54) is 0 Å². The van der Waals surface area contributed by atoms with E-state index in [-0.39, 0.29) is 5.41 Å². The van der Waals surface area contributed by atoms with Crippen molar-refractivity contribution in [2.75, 3.05) is 0 Å². The van der Waals surface area contributed by atoms with Gasteiger partial charge in [0.1, 0.15) is 11.2 Å². The van der Waals surface area contributed by atoms with Gasteiger partial charge in [0.25, 0.3) is 0 Å². The average Bonchev–Trinajstić information content (AvgIpc) is 2.74. The van der Waals surface area contributed by atoms with Crippen molar-refractivity contribution < 1.29 is 4.42 Å². The fourth-order valence-corrected chi connectivity index (χ4v) is 1.94. The molecule has 0 atom stereocenters. The minimum Gasteiger partial charge on any atom is -0.452 e. The summed E-state index contributed by atoms with van der Waals surface area (Å²) in [6, 6.07) is 4.22. The third-order valence-corrected chi connectivity index (χ3v) is 2.68. The van der Waals surface area contributed by atoms with Crippen LogP contribution in [-0.2, 0) is 5.41 Å². The van der Waals surface area contributed by atoms with E-state index >= 15 is 0 Å². The van der Waals surface area contributed by atoms with Crippen LogP contribution in [0.3, 0.4) is 0 Å². The zero-order valence-corrected chi connectivity index (χ0v) is 8.31. The van der Waals surface area contributed by atoms with Gasteiger partial charge in [0.15, 0.2) is 4.67 Å². The lowest BCUT2D eigenvalue weighted by atomic mass is 10.0. The molecule has 0 amide bonds. The third-order valence-electron chi connectivity index (χ3n) is 2.29. The first-order chi connectivity index (χ1) is 5.68. The fourth-order valence-electron chi connectivity index (χ4n) is 1.43. The minimum absolute atomic E-state index is 0.296. The highest BCUT2D eigenvalue weighted by molar-refractivity contribution is 9.10. The largest absolute Gasteiger partial charge is 0.452 e. The number of furan rings is 1. The van der Waals surface area contributed by atoms with Gasteiger partial charge in [0.05, 0.1) is 6.07 Å². The Labute approximate surface area is 79.3 Å². The van der Waals surface area contributed by atoms with Crippen molar-refractivity contribution >= 4 is 15.9 Å². The summed E-state index contributed by atoms with van der Waals surface area (Å²) in [4.78, 5) is 0. The molecule has 0 spiro atoms. The first-order valence-corrected chi connectivity index (χ1v) is 4.65. The standard InChI is InChI=1S/C9H8BrNO/c1-6-4-7(10)12-8(6)9(5-11)2-3-9/h4H,2-3H2,1H3. The van der Waals surface area contributed by atoms with Crippen LogP contribution in [0.4, 0.5) is 0 Å². The van der Waals surface area contributed by atoms with Crippen molar-refractivity contribution in [3.05, 3.63) is 22.1 Å². The SMILES string of the molecule is Cc1cc(Br)oc1C1(C#N)CC1. The van der Waals surface area contributed by atoms with E-state index in [0.29, 0.717) is 0 Å². The maximum Gasteiger partial charge on any atom is 0.169 e. The van der Waals surface area contributed by atoms with Gasteiger partial charge in [-0.1, -0.05) is 0 Å². The Hall–Kier alpha value is -0.750. The molecule has 0 bridgehead atoms. The zero-order valence-electron chi connectivity index (χ0n) is 6.72. The van der Waals surface area contributed by atoms with Crippen LogP contribution in [-0.4, -0.2) is 0 Å². The lowest BCUT2D eigenvalue weighted by Gasteiger charge is -2.00. The van der Waals surface area contributed by atoms with Gasteiger partial charge in [-0.2, -0.15) is 5.26 Å². The van der Waals surface area contributed by atoms with E-state index in [2.05, 4.69) is 22.0 Å². The maximum absolute atomic E-state index is 8.92. The predicted octanol–water partition coefficient (Wildman–Crippen LogP) is 2.91. The number of hydrogen-bond donors (Lipinski definition) is 0. The molecule has 12 heavy (non-hydrogen) atoms. The molecule has 62 valence electrons. The summed E-state index contributed by atoms with van der Waals surface area (Å²) in [6.45, 7) is 1.97. The number of aryl methyl sites for hydroxylation is 1. The molecule has 3 heteroatoms. The summed E-state index contributed by atoms with van der Waals surface area (Å²) >= 11 is 3.26. The smallest absolute Gasteiger partial charge is 0.169 e. The van der Waals surface area contributed by atoms with E-state index in [4.69, 9.17) is 9.68 Å². The van der Waals surface area contributed by atoms with Crippen LogP contribution in [0.15, 0.2) is 15.2 Å². The predicted molar refractivity (Wildman–Crippen MR) is 47.7 cm³/mol. The molecular formula is C9H8BrNO. The number of rotatable bonds is 1. The monoisotopic (exact) mass is 225 g/mol. The van der Waals surface area contributed by atoms with Gasteiger partial charge in [0, 0.05) is 0 Å². The summed E-state index contributed by atoms with van der Waals surface area (Å²) in [5, 5.41) is 8.92. The average molecular weight is 226 g/mol. The van der Waals surface area contributed by atoms with Crippen molar-refractivity contribution in [1.29, 1.82) is 5.26 Å². The van der Waals surface area contributed by atoms with Gasteiger partial charge in [-0.25, -0.2) is 0 Å². The molecule has 1 heterocycles. The molecule has 1 aromatic heterocycles. The van der Waals surface area contributed by atoms with Crippen molar-refractivity contribution in [3.63, 3.8) is 0 Å². The summed E-state index contributed by atoms with van der Waals surface area (Å²) < 4.78 is 6.15. The number of nitriles is 1. The van der Waals surface area contributed by atoms with Gasteiger partial charge < -0.3 is 4.42 Å². The van der Waals surface area contributed by atoms with Crippen LogP contribution < -0.4 is 0 Å². The first-order valence-electron chi connectivity index (χ1n) is 3.86. The molecular weight excluding hydrogens is 218 g/mol. The normalized spacial score (nSPS) is 18.8. The highest BCUT2D eigenvalue weighted by atomic mass is 79.9. The lowest BCUT2D eigenvalue weighted by molar-refractivity contribution is 0.465. The molecule has 1 saturated carbocycles. The topological polar surface area (TPSA) is 36.9 Å². The van der Waals surface area contributed by atoms with E-state index in [1.807, 2.05) is 13.0 Å². The Morgan fingerprint density at radius 2 is 2.33 bits per heavy atom. The number of hydrogen-bond acceptors (Lipinski definition) is 2. The molecule has 2 nitrogen and oxygen atoms in total. The molecule has 0 aliphatic heterocycles.